The lowest BCUT2D eigenvalue weighted by atomic mass is 10.1. The summed E-state index contributed by atoms with van der Waals surface area (Å²) in [5.74, 6) is 0. The molecule has 98 valence electrons. The molecular formula is C15H25NSi2. The van der Waals surface area contributed by atoms with Gasteiger partial charge in [0, 0.05) is 11.2 Å². The molecule has 18 heavy (non-hydrogen) atoms. The zero-order chi connectivity index (χ0) is 13.6. The van der Waals surface area contributed by atoms with Gasteiger partial charge in [-0.3, -0.25) is 0 Å². The van der Waals surface area contributed by atoms with Crippen LogP contribution in [0.1, 0.15) is 11.1 Å². The smallest absolute Gasteiger partial charge is 0.152 e. The van der Waals surface area contributed by atoms with Crippen molar-refractivity contribution in [1.29, 1.82) is 0 Å². The zero-order valence-corrected chi connectivity index (χ0v) is 14.5. The number of rotatable bonds is 2. The van der Waals surface area contributed by atoms with Crippen molar-refractivity contribution in [2.24, 2.45) is 0 Å². The highest BCUT2D eigenvalue weighted by Gasteiger charge is 2.34. The average Bonchev–Trinajstić information content (AvgIpc) is 2.24. The highest BCUT2D eigenvalue weighted by atomic mass is 28.3. The number of anilines is 1. The standard InChI is InChI=1S/C15H25NSi2/c1-17(2,3)15-11-12-16(18(4,5)6)14-10-8-7-9-13(14)15/h7-12,15H,1-6H3. The molecule has 1 aliphatic rings. The van der Waals surface area contributed by atoms with Gasteiger partial charge in [-0.2, -0.15) is 0 Å². The highest BCUT2D eigenvalue weighted by molar-refractivity contribution is 6.81. The Balaban J connectivity index is 2.53. The highest BCUT2D eigenvalue weighted by Crippen LogP contribution is 2.40. The van der Waals surface area contributed by atoms with E-state index in [1.165, 1.54) is 5.69 Å². The van der Waals surface area contributed by atoms with Crippen LogP contribution in [-0.2, 0) is 0 Å². The molecule has 0 spiro atoms. The molecule has 0 radical (unpaired) electrons. The third-order valence-corrected chi connectivity index (χ3v) is 7.82. The number of nitrogens with zero attached hydrogens (tertiary/aromatic N) is 1. The Bertz CT molecular complexity index is 423. The van der Waals surface area contributed by atoms with E-state index in [-0.39, 0.29) is 0 Å². The van der Waals surface area contributed by atoms with Crippen LogP contribution in [0.4, 0.5) is 5.69 Å². The average molecular weight is 276 g/mol. The second kappa shape index (κ2) is 4.39. The zero-order valence-electron chi connectivity index (χ0n) is 12.5. The van der Waals surface area contributed by atoms with Gasteiger partial charge in [0.25, 0.3) is 0 Å². The minimum absolute atomic E-state index is 0.654. The largest absolute Gasteiger partial charge is 0.375 e. The minimum atomic E-state index is -1.33. The maximum absolute atomic E-state index is 2.54. The van der Waals surface area contributed by atoms with Crippen LogP contribution in [0.5, 0.6) is 0 Å². The maximum atomic E-state index is 2.54. The monoisotopic (exact) mass is 275 g/mol. The maximum Gasteiger partial charge on any atom is 0.152 e. The summed E-state index contributed by atoms with van der Waals surface area (Å²) in [5, 5.41) is 0. The van der Waals surface area contributed by atoms with Crippen LogP contribution in [0.25, 0.3) is 0 Å². The van der Waals surface area contributed by atoms with Crippen LogP contribution in [0.2, 0.25) is 39.3 Å². The van der Waals surface area contributed by atoms with Crippen molar-refractivity contribution in [3.8, 4) is 0 Å². The quantitative estimate of drug-likeness (QED) is 0.700. The molecule has 0 bridgehead atoms. The third kappa shape index (κ3) is 2.47. The summed E-state index contributed by atoms with van der Waals surface area (Å²) in [7, 11) is -2.53. The summed E-state index contributed by atoms with van der Waals surface area (Å²) < 4.78 is 2.54. The number of allylic oxidation sites excluding steroid dienone is 1. The predicted octanol–water partition coefficient (Wildman–Crippen LogP) is 4.82. The first-order valence-corrected chi connectivity index (χ1v) is 13.8. The molecule has 1 aliphatic heterocycles. The van der Waals surface area contributed by atoms with Gasteiger partial charge < -0.3 is 4.57 Å². The predicted molar refractivity (Wildman–Crippen MR) is 87.5 cm³/mol. The molecule has 2 rings (SSSR count). The van der Waals surface area contributed by atoms with Gasteiger partial charge in [0.15, 0.2) is 8.24 Å². The van der Waals surface area contributed by atoms with E-state index >= 15 is 0 Å². The second-order valence-electron chi connectivity index (χ2n) is 7.28. The van der Waals surface area contributed by atoms with Crippen LogP contribution >= 0.6 is 0 Å². The Hall–Kier alpha value is -0.806. The van der Waals surface area contributed by atoms with E-state index in [9.17, 15) is 0 Å². The van der Waals surface area contributed by atoms with Gasteiger partial charge in [-0.1, -0.05) is 63.6 Å². The van der Waals surface area contributed by atoms with Crippen LogP contribution in [0.15, 0.2) is 36.5 Å². The summed E-state index contributed by atoms with van der Waals surface area (Å²) in [6.07, 6.45) is 4.81. The summed E-state index contributed by atoms with van der Waals surface area (Å²) in [6, 6.07) is 8.99. The molecule has 0 saturated heterocycles. The molecule has 0 saturated carbocycles. The van der Waals surface area contributed by atoms with E-state index in [4.69, 9.17) is 0 Å². The van der Waals surface area contributed by atoms with Crippen molar-refractivity contribution in [1.82, 2.24) is 0 Å². The van der Waals surface area contributed by atoms with Crippen LogP contribution < -0.4 is 4.57 Å². The molecule has 0 fully saturated rings. The van der Waals surface area contributed by atoms with Gasteiger partial charge in [0.05, 0.1) is 8.07 Å². The fraction of sp³-hybridized carbons (Fsp3) is 0.467. The van der Waals surface area contributed by atoms with Gasteiger partial charge in [0.1, 0.15) is 0 Å². The number of hydrogen-bond donors (Lipinski definition) is 0. The summed E-state index contributed by atoms with van der Waals surface area (Å²) in [6.45, 7) is 14.6. The minimum Gasteiger partial charge on any atom is -0.375 e. The van der Waals surface area contributed by atoms with Gasteiger partial charge in [-0.25, -0.2) is 0 Å². The lowest BCUT2D eigenvalue weighted by Crippen LogP contribution is -2.45. The molecule has 1 aromatic carbocycles. The van der Waals surface area contributed by atoms with Crippen molar-refractivity contribution in [3.63, 3.8) is 0 Å². The van der Waals surface area contributed by atoms with Gasteiger partial charge in [-0.15, -0.1) is 0 Å². The first-order chi connectivity index (χ1) is 8.21. The molecule has 0 amide bonds. The molecule has 1 unspecified atom stereocenters. The molecule has 1 heterocycles. The molecule has 1 aromatic rings. The lowest BCUT2D eigenvalue weighted by Gasteiger charge is -2.41. The number of fused-ring (bicyclic) bond motifs is 1. The van der Waals surface area contributed by atoms with E-state index < -0.39 is 16.3 Å². The third-order valence-electron chi connectivity index (χ3n) is 3.61. The van der Waals surface area contributed by atoms with E-state index in [0.717, 1.165) is 0 Å². The molecule has 0 aromatic heterocycles. The first kappa shape index (κ1) is 13.6. The molecule has 0 N–H and O–H groups in total. The van der Waals surface area contributed by atoms with E-state index in [1.807, 2.05) is 0 Å². The topological polar surface area (TPSA) is 3.24 Å². The van der Waals surface area contributed by atoms with Crippen molar-refractivity contribution < 1.29 is 0 Å². The Labute approximate surface area is 114 Å². The van der Waals surface area contributed by atoms with Crippen molar-refractivity contribution in [3.05, 3.63) is 42.1 Å². The number of hydrogen-bond acceptors (Lipinski definition) is 1. The van der Waals surface area contributed by atoms with Gasteiger partial charge in [-0.05, 0) is 17.8 Å². The van der Waals surface area contributed by atoms with Gasteiger partial charge in [0.2, 0.25) is 0 Å². The summed E-state index contributed by atoms with van der Waals surface area (Å²) in [5.41, 5.74) is 3.65. The van der Waals surface area contributed by atoms with Crippen LogP contribution in [-0.4, -0.2) is 16.3 Å². The second-order valence-corrected chi connectivity index (χ2v) is 17.5. The molecule has 1 nitrogen and oxygen atoms in total. The lowest BCUT2D eigenvalue weighted by molar-refractivity contribution is 1.07. The Kier molecular flexibility index (Phi) is 3.32. The summed E-state index contributed by atoms with van der Waals surface area (Å²) in [4.78, 5) is 0. The van der Waals surface area contributed by atoms with Crippen LogP contribution in [0.3, 0.4) is 0 Å². The van der Waals surface area contributed by atoms with E-state index in [0.29, 0.717) is 5.54 Å². The molecule has 1 atom stereocenters. The van der Waals surface area contributed by atoms with Crippen LogP contribution in [0, 0.1) is 0 Å². The molecular weight excluding hydrogens is 250 g/mol. The fourth-order valence-corrected chi connectivity index (χ4v) is 5.97. The Morgan fingerprint density at radius 3 is 2.11 bits per heavy atom. The normalized spacial score (nSPS) is 19.9. The summed E-state index contributed by atoms with van der Waals surface area (Å²) >= 11 is 0. The molecule has 0 aliphatic carbocycles. The SMILES string of the molecule is C[Si](C)(C)C1C=CN([Si](C)(C)C)c2ccccc21. The van der Waals surface area contributed by atoms with Crippen molar-refractivity contribution >= 4 is 22.0 Å². The number of benzene rings is 1. The van der Waals surface area contributed by atoms with E-state index in [1.54, 1.807) is 5.56 Å². The fourth-order valence-electron chi connectivity index (χ4n) is 2.67. The van der Waals surface area contributed by atoms with Crippen molar-refractivity contribution in [2.45, 2.75) is 44.8 Å². The Morgan fingerprint density at radius 2 is 1.56 bits per heavy atom. The van der Waals surface area contributed by atoms with Gasteiger partial charge >= 0.3 is 0 Å². The molecule has 3 heteroatoms. The number of para-hydroxylation sites is 1. The van der Waals surface area contributed by atoms with E-state index in [2.05, 4.69) is 80.4 Å². The first-order valence-electron chi connectivity index (χ1n) is 6.78. The Morgan fingerprint density at radius 1 is 0.944 bits per heavy atom. The van der Waals surface area contributed by atoms with Crippen molar-refractivity contribution in [2.75, 3.05) is 4.57 Å².